The van der Waals surface area contributed by atoms with E-state index in [1.165, 1.54) is 16.3 Å². The van der Waals surface area contributed by atoms with E-state index in [2.05, 4.69) is 20.2 Å². The van der Waals surface area contributed by atoms with E-state index < -0.39 is 11.9 Å². The van der Waals surface area contributed by atoms with Crippen molar-refractivity contribution in [1.29, 1.82) is 0 Å². The Morgan fingerprint density at radius 3 is 2.60 bits per heavy atom. The number of halogens is 4. The Hall–Kier alpha value is -1.63. The number of hydrogen-bond donors (Lipinski definition) is 1. The predicted octanol–water partition coefficient (Wildman–Crippen LogP) is 3.87. The molecule has 0 unspecified atom stereocenters. The van der Waals surface area contributed by atoms with Crippen molar-refractivity contribution in [2.45, 2.75) is 18.0 Å². The van der Waals surface area contributed by atoms with Crippen LogP contribution < -0.4 is 0 Å². The van der Waals surface area contributed by atoms with Crippen LogP contribution in [0.3, 0.4) is 0 Å². The second kappa shape index (κ2) is 6.59. The molecule has 0 amide bonds. The van der Waals surface area contributed by atoms with Gasteiger partial charge in [-0.2, -0.15) is 13.2 Å². The first-order valence-corrected chi connectivity index (χ1v) is 9.08. The fourth-order valence-corrected chi connectivity index (χ4v) is 3.40. The van der Waals surface area contributed by atoms with E-state index in [1.54, 1.807) is 13.1 Å². The SMILES string of the molecule is CCSc1cc(O)c(I)nc1-c1nc2cc(C(F)(F)F)nnc2n1C. The quantitative estimate of drug-likeness (QED) is 0.348. The van der Waals surface area contributed by atoms with Gasteiger partial charge in [-0.05, 0) is 34.4 Å². The maximum Gasteiger partial charge on any atom is 0.435 e. The maximum atomic E-state index is 12.8. The normalized spacial score (nSPS) is 12.1. The molecule has 132 valence electrons. The van der Waals surface area contributed by atoms with Crippen LogP contribution in [0.4, 0.5) is 13.2 Å². The van der Waals surface area contributed by atoms with Crippen LogP contribution in [-0.2, 0) is 13.2 Å². The molecule has 3 aromatic rings. The molecule has 11 heteroatoms. The molecule has 1 N–H and O–H groups in total. The molecule has 3 rings (SSSR count). The van der Waals surface area contributed by atoms with Crippen molar-refractivity contribution in [3.63, 3.8) is 0 Å². The third kappa shape index (κ3) is 3.38. The van der Waals surface area contributed by atoms with Crippen LogP contribution in [0.15, 0.2) is 17.0 Å². The van der Waals surface area contributed by atoms with Crippen LogP contribution in [0, 0.1) is 3.70 Å². The molecule has 0 radical (unpaired) electrons. The number of pyridine rings is 1. The van der Waals surface area contributed by atoms with Crippen molar-refractivity contribution in [2.24, 2.45) is 7.05 Å². The van der Waals surface area contributed by atoms with Gasteiger partial charge in [-0.25, -0.2) is 9.97 Å². The van der Waals surface area contributed by atoms with E-state index in [0.29, 0.717) is 20.1 Å². The van der Waals surface area contributed by atoms with Crippen molar-refractivity contribution in [2.75, 3.05) is 5.75 Å². The van der Waals surface area contributed by atoms with Gasteiger partial charge in [0.1, 0.15) is 20.7 Å². The Kier molecular flexibility index (Phi) is 4.79. The summed E-state index contributed by atoms with van der Waals surface area (Å²) in [6.45, 7) is 1.94. The fourth-order valence-electron chi connectivity index (χ4n) is 2.22. The van der Waals surface area contributed by atoms with Crippen LogP contribution in [0.2, 0.25) is 0 Å². The highest BCUT2D eigenvalue weighted by Crippen LogP contribution is 2.35. The average Bonchev–Trinajstić information content (AvgIpc) is 2.86. The van der Waals surface area contributed by atoms with Crippen LogP contribution in [0.5, 0.6) is 5.75 Å². The highest BCUT2D eigenvalue weighted by atomic mass is 127. The van der Waals surface area contributed by atoms with Gasteiger partial charge in [0.15, 0.2) is 17.2 Å². The zero-order valence-electron chi connectivity index (χ0n) is 13.0. The van der Waals surface area contributed by atoms with Crippen LogP contribution >= 0.6 is 34.4 Å². The summed E-state index contributed by atoms with van der Waals surface area (Å²) >= 11 is 3.33. The summed E-state index contributed by atoms with van der Waals surface area (Å²) in [5.41, 5.74) is -0.318. The first-order valence-electron chi connectivity index (χ1n) is 7.02. The fraction of sp³-hybridized carbons (Fsp3) is 0.286. The summed E-state index contributed by atoms with van der Waals surface area (Å²) in [5.74, 6) is 1.13. The first kappa shape index (κ1) is 18.2. The number of alkyl halides is 3. The van der Waals surface area contributed by atoms with E-state index in [4.69, 9.17) is 0 Å². The van der Waals surface area contributed by atoms with Gasteiger partial charge in [-0.15, -0.1) is 22.0 Å². The Bertz CT molecular complexity index is 960. The lowest BCUT2D eigenvalue weighted by molar-refractivity contribution is -0.141. The minimum atomic E-state index is -4.59. The Morgan fingerprint density at radius 2 is 1.96 bits per heavy atom. The molecule has 6 nitrogen and oxygen atoms in total. The number of aromatic nitrogens is 5. The number of aromatic hydroxyl groups is 1. The highest BCUT2D eigenvalue weighted by Gasteiger charge is 2.34. The molecule has 0 aliphatic rings. The Morgan fingerprint density at radius 1 is 1.24 bits per heavy atom. The van der Waals surface area contributed by atoms with E-state index in [1.807, 2.05) is 29.5 Å². The Labute approximate surface area is 158 Å². The summed E-state index contributed by atoms with van der Waals surface area (Å²) in [5, 5.41) is 16.8. The molecule has 3 heterocycles. The van der Waals surface area contributed by atoms with Gasteiger partial charge in [-0.1, -0.05) is 6.92 Å². The molecule has 3 aromatic heterocycles. The van der Waals surface area contributed by atoms with Crippen molar-refractivity contribution in [3.05, 3.63) is 21.5 Å². The van der Waals surface area contributed by atoms with Gasteiger partial charge >= 0.3 is 6.18 Å². The molecule has 0 aromatic carbocycles. The molecule has 0 fully saturated rings. The number of fused-ring (bicyclic) bond motifs is 1. The van der Waals surface area contributed by atoms with Gasteiger partial charge < -0.3 is 9.67 Å². The lowest BCUT2D eigenvalue weighted by Crippen LogP contribution is -2.09. The molecule has 25 heavy (non-hydrogen) atoms. The summed E-state index contributed by atoms with van der Waals surface area (Å²) in [7, 11) is 1.63. The summed E-state index contributed by atoms with van der Waals surface area (Å²) in [6.07, 6.45) is -4.59. The van der Waals surface area contributed by atoms with E-state index in [9.17, 15) is 18.3 Å². The molecule has 0 saturated carbocycles. The van der Waals surface area contributed by atoms with Crippen molar-refractivity contribution in [1.82, 2.24) is 24.7 Å². The van der Waals surface area contributed by atoms with E-state index >= 15 is 0 Å². The van der Waals surface area contributed by atoms with Crippen molar-refractivity contribution >= 4 is 45.5 Å². The minimum absolute atomic E-state index is 0.0400. The third-order valence-corrected chi connectivity index (χ3v) is 5.05. The van der Waals surface area contributed by atoms with E-state index in [-0.39, 0.29) is 16.9 Å². The smallest absolute Gasteiger partial charge is 0.435 e. The van der Waals surface area contributed by atoms with Crippen molar-refractivity contribution in [3.8, 4) is 17.3 Å². The first-order chi connectivity index (χ1) is 11.7. The van der Waals surface area contributed by atoms with Gasteiger partial charge in [-0.3, -0.25) is 0 Å². The highest BCUT2D eigenvalue weighted by molar-refractivity contribution is 14.1. The molecular formula is C14H11F3IN5OS. The molecular weight excluding hydrogens is 470 g/mol. The van der Waals surface area contributed by atoms with Gasteiger partial charge in [0.25, 0.3) is 0 Å². The molecule has 0 aliphatic carbocycles. The summed E-state index contributed by atoms with van der Waals surface area (Å²) in [4.78, 5) is 9.30. The molecule has 0 aliphatic heterocycles. The number of nitrogens with zero attached hydrogens (tertiary/aromatic N) is 5. The topological polar surface area (TPSA) is 76.7 Å². The lowest BCUT2D eigenvalue weighted by Gasteiger charge is -2.09. The zero-order chi connectivity index (χ0) is 18.4. The second-order valence-corrected chi connectivity index (χ2v) is 7.34. The third-order valence-electron chi connectivity index (χ3n) is 3.34. The van der Waals surface area contributed by atoms with Crippen molar-refractivity contribution < 1.29 is 18.3 Å². The number of rotatable bonds is 3. The molecule has 0 atom stereocenters. The minimum Gasteiger partial charge on any atom is -0.505 e. The summed E-state index contributed by atoms with van der Waals surface area (Å²) < 4.78 is 40.4. The molecule has 0 bridgehead atoms. The van der Waals surface area contributed by atoms with Crippen LogP contribution in [0.1, 0.15) is 12.6 Å². The largest absolute Gasteiger partial charge is 0.505 e. The standard InChI is InChI=1S/C14H11F3IN5OS/c1-3-25-8-5-7(24)11(18)20-10(8)13-19-6-4-9(14(15,16)17)21-22-12(6)23(13)2/h4-5,24H,3H2,1-2H3. The maximum absolute atomic E-state index is 12.8. The second-order valence-electron chi connectivity index (χ2n) is 5.01. The summed E-state index contributed by atoms with van der Waals surface area (Å²) in [6, 6.07) is 2.44. The zero-order valence-corrected chi connectivity index (χ0v) is 15.9. The Balaban J connectivity index is 2.23. The predicted molar refractivity (Wildman–Crippen MR) is 95.3 cm³/mol. The average molecular weight is 481 g/mol. The number of thioether (sulfide) groups is 1. The number of hydrogen-bond acceptors (Lipinski definition) is 6. The lowest BCUT2D eigenvalue weighted by atomic mass is 10.3. The molecule has 0 saturated heterocycles. The van der Waals surface area contributed by atoms with Gasteiger partial charge in [0.2, 0.25) is 0 Å². The van der Waals surface area contributed by atoms with Crippen LogP contribution in [0.25, 0.3) is 22.7 Å². The van der Waals surface area contributed by atoms with E-state index in [0.717, 1.165) is 11.8 Å². The molecule has 0 spiro atoms. The number of imidazole rings is 1. The van der Waals surface area contributed by atoms with Gasteiger partial charge in [0, 0.05) is 18.0 Å². The monoisotopic (exact) mass is 481 g/mol. The van der Waals surface area contributed by atoms with Crippen LogP contribution in [-0.4, -0.2) is 35.6 Å². The van der Waals surface area contributed by atoms with Gasteiger partial charge in [0.05, 0.1) is 0 Å². The number of aryl methyl sites for hydroxylation is 1.